The molecule has 2 rings (SSSR count). The summed E-state index contributed by atoms with van der Waals surface area (Å²) >= 11 is 0. The van der Waals surface area contributed by atoms with Gasteiger partial charge in [-0.2, -0.15) is 0 Å². The Morgan fingerprint density at radius 1 is 1.13 bits per heavy atom. The van der Waals surface area contributed by atoms with E-state index >= 15 is 0 Å². The van der Waals surface area contributed by atoms with Crippen molar-refractivity contribution in [1.29, 1.82) is 0 Å². The molecule has 0 saturated carbocycles. The van der Waals surface area contributed by atoms with E-state index in [0.717, 1.165) is 0 Å². The Morgan fingerprint density at radius 2 is 1.78 bits per heavy atom. The molecule has 126 valence electrons. The van der Waals surface area contributed by atoms with Gasteiger partial charge in [-0.15, -0.1) is 0 Å². The van der Waals surface area contributed by atoms with Crippen LogP contribution in [0.1, 0.15) is 18.5 Å². The molecule has 1 aliphatic rings. The molecule has 1 aromatic carbocycles. The van der Waals surface area contributed by atoms with Crippen molar-refractivity contribution in [3.05, 3.63) is 23.8 Å². The predicted octanol–water partition coefficient (Wildman–Crippen LogP) is 0.994. The monoisotopic (exact) mass is 322 g/mol. The first-order valence-electron chi connectivity index (χ1n) is 7.42. The molecular formula is C16H22N2O5. The Labute approximate surface area is 135 Å². The Hall–Kier alpha value is -2.28. The number of aliphatic carboxylic acids is 1. The molecule has 1 aromatic rings. The predicted molar refractivity (Wildman–Crippen MR) is 83.7 cm³/mol. The van der Waals surface area contributed by atoms with Gasteiger partial charge in [0, 0.05) is 38.7 Å². The van der Waals surface area contributed by atoms with E-state index in [9.17, 15) is 14.7 Å². The van der Waals surface area contributed by atoms with Crippen molar-refractivity contribution >= 4 is 11.9 Å². The van der Waals surface area contributed by atoms with Crippen molar-refractivity contribution in [1.82, 2.24) is 9.80 Å². The van der Waals surface area contributed by atoms with Crippen molar-refractivity contribution in [2.75, 3.05) is 40.4 Å². The maximum atomic E-state index is 11.9. The normalized spacial score (nSPS) is 16.7. The first-order chi connectivity index (χ1) is 11.0. The average molecular weight is 322 g/mol. The summed E-state index contributed by atoms with van der Waals surface area (Å²) in [4.78, 5) is 26.8. The number of carboxylic acid groups (broad SMARTS) is 1. The molecule has 0 unspecified atom stereocenters. The highest BCUT2D eigenvalue weighted by atomic mass is 16.5. The highest BCUT2D eigenvalue weighted by Crippen LogP contribution is 2.37. The zero-order valence-corrected chi connectivity index (χ0v) is 13.6. The summed E-state index contributed by atoms with van der Waals surface area (Å²) in [5.74, 6) is -0.0154. The molecule has 1 fully saturated rings. The van der Waals surface area contributed by atoms with Crippen LogP contribution in [0.4, 0.5) is 0 Å². The fourth-order valence-electron chi connectivity index (χ4n) is 2.91. The van der Waals surface area contributed by atoms with E-state index in [0.29, 0.717) is 43.2 Å². The first kappa shape index (κ1) is 17.1. The summed E-state index contributed by atoms with van der Waals surface area (Å²) < 4.78 is 10.6. The van der Waals surface area contributed by atoms with Gasteiger partial charge in [0.1, 0.15) is 6.04 Å². The summed E-state index contributed by atoms with van der Waals surface area (Å²) in [5, 5.41) is 9.72. The molecule has 1 atom stereocenters. The van der Waals surface area contributed by atoms with Crippen LogP contribution in [-0.4, -0.2) is 67.2 Å². The zero-order chi connectivity index (χ0) is 17.0. The average Bonchev–Trinajstić information content (AvgIpc) is 2.54. The number of carboxylic acids is 1. The van der Waals surface area contributed by atoms with Crippen molar-refractivity contribution < 1.29 is 24.2 Å². The third kappa shape index (κ3) is 3.56. The van der Waals surface area contributed by atoms with E-state index in [-0.39, 0.29) is 5.91 Å². The summed E-state index contributed by atoms with van der Waals surface area (Å²) in [6.45, 7) is 3.56. The second-order valence-electron chi connectivity index (χ2n) is 5.37. The van der Waals surface area contributed by atoms with Crippen LogP contribution in [-0.2, 0) is 9.59 Å². The molecule has 23 heavy (non-hydrogen) atoms. The lowest BCUT2D eigenvalue weighted by Gasteiger charge is -2.37. The summed E-state index contributed by atoms with van der Waals surface area (Å²) in [6.07, 6.45) is 0. The number of hydrogen-bond acceptors (Lipinski definition) is 5. The summed E-state index contributed by atoms with van der Waals surface area (Å²) in [6, 6.07) is 4.37. The number of hydrogen-bond donors (Lipinski definition) is 1. The maximum absolute atomic E-state index is 11.9. The standard InChI is InChI=1S/C16H22N2O5/c1-11(19)17-7-9-18(10-8-17)14(16(20)21)12-5-4-6-13(22-2)15(12)23-3/h4-6,14H,7-10H2,1-3H3,(H,20,21)/t14-/m0/s1. The molecule has 1 N–H and O–H groups in total. The molecule has 1 amide bonds. The number of benzene rings is 1. The van der Waals surface area contributed by atoms with Gasteiger partial charge in [-0.05, 0) is 6.07 Å². The van der Waals surface area contributed by atoms with Gasteiger partial charge in [-0.3, -0.25) is 14.5 Å². The van der Waals surface area contributed by atoms with Gasteiger partial charge >= 0.3 is 5.97 Å². The highest BCUT2D eigenvalue weighted by molar-refractivity contribution is 5.77. The lowest BCUT2D eigenvalue weighted by molar-refractivity contribution is -0.145. The van der Waals surface area contributed by atoms with Gasteiger partial charge in [0.25, 0.3) is 0 Å². The SMILES string of the molecule is COc1cccc([C@@H](C(=O)O)N2CCN(C(C)=O)CC2)c1OC. The zero-order valence-electron chi connectivity index (χ0n) is 13.6. The van der Waals surface area contributed by atoms with Crippen LogP contribution in [0.15, 0.2) is 18.2 Å². The third-order valence-corrected chi connectivity index (χ3v) is 4.09. The topological polar surface area (TPSA) is 79.3 Å². The molecule has 7 heteroatoms. The number of rotatable bonds is 5. The van der Waals surface area contributed by atoms with Crippen LogP contribution in [0.2, 0.25) is 0 Å². The van der Waals surface area contributed by atoms with Gasteiger partial charge in [-0.1, -0.05) is 12.1 Å². The van der Waals surface area contributed by atoms with Gasteiger partial charge < -0.3 is 19.5 Å². The fourth-order valence-corrected chi connectivity index (χ4v) is 2.91. The van der Waals surface area contributed by atoms with E-state index in [1.54, 1.807) is 23.1 Å². The number of piperazine rings is 1. The minimum atomic E-state index is -0.951. The fraction of sp³-hybridized carbons (Fsp3) is 0.500. The smallest absolute Gasteiger partial charge is 0.325 e. The number of methoxy groups -OCH3 is 2. The molecule has 1 heterocycles. The third-order valence-electron chi connectivity index (χ3n) is 4.09. The van der Waals surface area contributed by atoms with Crippen LogP contribution >= 0.6 is 0 Å². The quantitative estimate of drug-likeness (QED) is 0.871. The summed E-state index contributed by atoms with van der Waals surface area (Å²) in [5.41, 5.74) is 0.552. The lowest BCUT2D eigenvalue weighted by Crippen LogP contribution is -2.50. The number of carbonyl (C=O) groups excluding carboxylic acids is 1. The first-order valence-corrected chi connectivity index (χ1v) is 7.42. The number of nitrogens with zero attached hydrogens (tertiary/aromatic N) is 2. The van der Waals surface area contributed by atoms with E-state index < -0.39 is 12.0 Å². The van der Waals surface area contributed by atoms with Crippen molar-refractivity contribution in [3.8, 4) is 11.5 Å². The minimum Gasteiger partial charge on any atom is -0.493 e. The number of amides is 1. The minimum absolute atomic E-state index is 0.00971. The largest absolute Gasteiger partial charge is 0.493 e. The lowest BCUT2D eigenvalue weighted by atomic mass is 10.0. The maximum Gasteiger partial charge on any atom is 0.325 e. The molecule has 0 radical (unpaired) electrons. The van der Waals surface area contributed by atoms with Crippen LogP contribution in [0.5, 0.6) is 11.5 Å². The van der Waals surface area contributed by atoms with Gasteiger partial charge in [0.15, 0.2) is 11.5 Å². The van der Waals surface area contributed by atoms with E-state index in [2.05, 4.69) is 0 Å². The van der Waals surface area contributed by atoms with Gasteiger partial charge in [-0.25, -0.2) is 0 Å². The van der Waals surface area contributed by atoms with Gasteiger partial charge in [0.05, 0.1) is 14.2 Å². The molecule has 0 spiro atoms. The van der Waals surface area contributed by atoms with E-state index in [1.165, 1.54) is 21.1 Å². The Balaban J connectivity index is 2.30. The van der Waals surface area contributed by atoms with Crippen LogP contribution in [0.25, 0.3) is 0 Å². The second kappa shape index (κ2) is 7.32. The van der Waals surface area contributed by atoms with Crippen molar-refractivity contribution in [2.24, 2.45) is 0 Å². The van der Waals surface area contributed by atoms with E-state index in [4.69, 9.17) is 9.47 Å². The highest BCUT2D eigenvalue weighted by Gasteiger charge is 2.33. The molecule has 1 saturated heterocycles. The molecule has 1 aliphatic heterocycles. The summed E-state index contributed by atoms with van der Waals surface area (Å²) in [7, 11) is 3.01. The Kier molecular flexibility index (Phi) is 5.44. The second-order valence-corrected chi connectivity index (χ2v) is 5.37. The number of ether oxygens (including phenoxy) is 2. The molecule has 7 nitrogen and oxygen atoms in total. The van der Waals surface area contributed by atoms with Crippen molar-refractivity contribution in [2.45, 2.75) is 13.0 Å². The van der Waals surface area contributed by atoms with Crippen LogP contribution < -0.4 is 9.47 Å². The van der Waals surface area contributed by atoms with Gasteiger partial charge in [0.2, 0.25) is 5.91 Å². The molecule has 0 bridgehead atoms. The van der Waals surface area contributed by atoms with E-state index in [1.807, 2.05) is 4.90 Å². The van der Waals surface area contributed by atoms with Crippen LogP contribution in [0, 0.1) is 0 Å². The number of para-hydroxylation sites is 1. The van der Waals surface area contributed by atoms with Crippen molar-refractivity contribution in [3.63, 3.8) is 0 Å². The Bertz CT molecular complexity index is 582. The number of carbonyl (C=O) groups is 2. The molecular weight excluding hydrogens is 300 g/mol. The molecule has 0 aromatic heterocycles. The van der Waals surface area contributed by atoms with Crippen LogP contribution in [0.3, 0.4) is 0 Å². The molecule has 0 aliphatic carbocycles. The Morgan fingerprint density at radius 3 is 2.26 bits per heavy atom.